The summed E-state index contributed by atoms with van der Waals surface area (Å²) in [4.78, 5) is 11.0. The lowest BCUT2D eigenvalue weighted by atomic mass is 9.98. The second-order valence-electron chi connectivity index (χ2n) is 3.98. The highest BCUT2D eigenvalue weighted by molar-refractivity contribution is 5.69. The van der Waals surface area contributed by atoms with Gasteiger partial charge in [0.25, 0.3) is 0 Å². The van der Waals surface area contributed by atoms with Crippen LogP contribution in [0, 0.1) is 17.1 Å². The van der Waals surface area contributed by atoms with Crippen molar-refractivity contribution in [3.63, 3.8) is 0 Å². The van der Waals surface area contributed by atoms with Crippen LogP contribution in [0.3, 0.4) is 0 Å². The fourth-order valence-corrected chi connectivity index (χ4v) is 1.59. The quantitative estimate of drug-likeness (QED) is 0.772. The average molecular weight is 267 g/mol. The maximum atomic E-state index is 13.6. The summed E-state index contributed by atoms with van der Waals surface area (Å²) in [6, 6.07) is 5.72. The molecule has 0 amide bonds. The van der Waals surface area contributed by atoms with Crippen molar-refractivity contribution in [3.8, 4) is 6.07 Å². The summed E-state index contributed by atoms with van der Waals surface area (Å²) in [6.45, 7) is 0. The zero-order valence-corrected chi connectivity index (χ0v) is 10.3. The van der Waals surface area contributed by atoms with E-state index in [2.05, 4.69) is 4.74 Å². The molecule has 0 spiro atoms. The topological polar surface area (TPSA) is 90.6 Å². The van der Waals surface area contributed by atoms with Crippen LogP contribution in [0.25, 0.3) is 0 Å². The summed E-state index contributed by atoms with van der Waals surface area (Å²) in [6.07, 6.45) is -3.41. The van der Waals surface area contributed by atoms with Crippen molar-refractivity contribution in [3.05, 3.63) is 35.1 Å². The molecule has 19 heavy (non-hydrogen) atoms. The van der Waals surface area contributed by atoms with E-state index < -0.39 is 30.4 Å². The molecule has 0 aliphatic carbocycles. The molecule has 5 nitrogen and oxygen atoms in total. The lowest BCUT2D eigenvalue weighted by Crippen LogP contribution is -2.23. The lowest BCUT2D eigenvalue weighted by Gasteiger charge is -2.18. The van der Waals surface area contributed by atoms with Crippen LogP contribution in [-0.4, -0.2) is 29.4 Å². The Bertz CT molecular complexity index is 498. The molecule has 0 saturated heterocycles. The third kappa shape index (κ3) is 4.02. The maximum Gasteiger partial charge on any atom is 0.308 e. The number of rotatable bonds is 5. The van der Waals surface area contributed by atoms with Crippen LogP contribution in [0.4, 0.5) is 4.39 Å². The van der Waals surface area contributed by atoms with Gasteiger partial charge in [0.05, 0.1) is 32.1 Å². The number of ether oxygens (including phenoxy) is 1. The molecule has 0 heterocycles. The SMILES string of the molecule is COC(=O)CC(O)C(O)c1cc(CC#N)ccc1F. The molecule has 0 fully saturated rings. The van der Waals surface area contributed by atoms with Crippen molar-refractivity contribution in [2.24, 2.45) is 0 Å². The average Bonchev–Trinajstić information content (AvgIpc) is 2.40. The number of halogens is 1. The fourth-order valence-electron chi connectivity index (χ4n) is 1.59. The van der Waals surface area contributed by atoms with Crippen LogP contribution in [-0.2, 0) is 16.0 Å². The second-order valence-corrected chi connectivity index (χ2v) is 3.98. The first kappa shape index (κ1) is 15.1. The number of esters is 1. The highest BCUT2D eigenvalue weighted by Gasteiger charge is 2.24. The smallest absolute Gasteiger partial charge is 0.308 e. The standard InChI is InChI=1S/C13H14FNO4/c1-19-12(17)7-11(16)13(18)9-6-8(4-5-15)2-3-10(9)14/h2-3,6,11,13,16,18H,4,7H2,1H3. The van der Waals surface area contributed by atoms with Gasteiger partial charge in [-0.2, -0.15) is 5.26 Å². The highest BCUT2D eigenvalue weighted by atomic mass is 19.1. The number of nitrogens with zero attached hydrogens (tertiary/aromatic N) is 1. The second kappa shape index (κ2) is 6.83. The minimum absolute atomic E-state index is 0.0626. The first-order valence-electron chi connectivity index (χ1n) is 5.57. The van der Waals surface area contributed by atoms with Gasteiger partial charge in [0.15, 0.2) is 0 Å². The van der Waals surface area contributed by atoms with Crippen LogP contribution in [0.15, 0.2) is 18.2 Å². The molecule has 0 aliphatic rings. The number of methoxy groups -OCH3 is 1. The van der Waals surface area contributed by atoms with Crippen LogP contribution in [0.2, 0.25) is 0 Å². The number of hydrogen-bond donors (Lipinski definition) is 2. The van der Waals surface area contributed by atoms with Gasteiger partial charge in [-0.05, 0) is 17.7 Å². The van der Waals surface area contributed by atoms with Crippen molar-refractivity contribution >= 4 is 5.97 Å². The van der Waals surface area contributed by atoms with E-state index in [9.17, 15) is 19.4 Å². The number of carbonyl (C=O) groups excluding carboxylic acids is 1. The molecule has 1 aromatic carbocycles. The molecule has 2 atom stereocenters. The minimum atomic E-state index is -1.56. The summed E-state index contributed by atoms with van der Waals surface area (Å²) < 4.78 is 17.9. The van der Waals surface area contributed by atoms with Gasteiger partial charge in [0, 0.05) is 5.56 Å². The Morgan fingerprint density at radius 1 is 1.53 bits per heavy atom. The molecule has 0 saturated carbocycles. The molecule has 0 aliphatic heterocycles. The molecular weight excluding hydrogens is 253 g/mol. The van der Waals surface area contributed by atoms with E-state index in [0.29, 0.717) is 5.56 Å². The monoisotopic (exact) mass is 267 g/mol. The molecule has 1 aromatic rings. The van der Waals surface area contributed by atoms with Gasteiger partial charge < -0.3 is 14.9 Å². The predicted octanol–water partition coefficient (Wildman–Crippen LogP) is 0.849. The maximum absolute atomic E-state index is 13.6. The summed E-state index contributed by atoms with van der Waals surface area (Å²) in [5.41, 5.74) is 0.368. The van der Waals surface area contributed by atoms with E-state index in [1.807, 2.05) is 6.07 Å². The lowest BCUT2D eigenvalue weighted by molar-refractivity contribution is -0.144. The third-order valence-electron chi connectivity index (χ3n) is 2.63. The minimum Gasteiger partial charge on any atom is -0.469 e. The Kier molecular flexibility index (Phi) is 5.42. The van der Waals surface area contributed by atoms with Crippen molar-refractivity contribution in [2.45, 2.75) is 25.0 Å². The van der Waals surface area contributed by atoms with Crippen LogP contribution in [0.1, 0.15) is 23.7 Å². The van der Waals surface area contributed by atoms with E-state index >= 15 is 0 Å². The number of nitriles is 1. The summed E-state index contributed by atoms with van der Waals surface area (Å²) in [5, 5.41) is 28.0. The van der Waals surface area contributed by atoms with E-state index in [1.165, 1.54) is 12.1 Å². The van der Waals surface area contributed by atoms with Gasteiger partial charge in [-0.3, -0.25) is 4.79 Å². The molecule has 0 bridgehead atoms. The fraction of sp³-hybridized carbons (Fsp3) is 0.385. The van der Waals surface area contributed by atoms with Crippen molar-refractivity contribution in [1.29, 1.82) is 5.26 Å². The zero-order valence-electron chi connectivity index (χ0n) is 10.3. The molecule has 0 radical (unpaired) electrons. The van der Waals surface area contributed by atoms with Crippen molar-refractivity contribution < 1.29 is 24.1 Å². The number of aliphatic hydroxyl groups is 2. The molecule has 2 unspecified atom stereocenters. The zero-order chi connectivity index (χ0) is 14.4. The largest absolute Gasteiger partial charge is 0.469 e. The molecule has 1 rings (SSSR count). The number of aliphatic hydroxyl groups excluding tert-OH is 2. The Hall–Kier alpha value is -1.97. The van der Waals surface area contributed by atoms with Gasteiger partial charge in [-0.15, -0.1) is 0 Å². The van der Waals surface area contributed by atoms with Gasteiger partial charge in [0.2, 0.25) is 0 Å². The first-order valence-corrected chi connectivity index (χ1v) is 5.57. The van der Waals surface area contributed by atoms with E-state index in [1.54, 1.807) is 0 Å². The summed E-state index contributed by atoms with van der Waals surface area (Å²) in [7, 11) is 1.15. The Labute approximate surface area is 109 Å². The number of carbonyl (C=O) groups is 1. The van der Waals surface area contributed by atoms with Crippen molar-refractivity contribution in [2.75, 3.05) is 7.11 Å². The van der Waals surface area contributed by atoms with Crippen LogP contribution >= 0.6 is 0 Å². The van der Waals surface area contributed by atoms with Crippen LogP contribution in [0.5, 0.6) is 0 Å². The summed E-state index contributed by atoms with van der Waals surface area (Å²) in [5.74, 6) is -1.42. The Morgan fingerprint density at radius 2 is 2.21 bits per heavy atom. The number of benzene rings is 1. The van der Waals surface area contributed by atoms with Gasteiger partial charge in [0.1, 0.15) is 11.9 Å². The van der Waals surface area contributed by atoms with Crippen molar-refractivity contribution in [1.82, 2.24) is 0 Å². The molecule has 0 aromatic heterocycles. The van der Waals surface area contributed by atoms with E-state index in [4.69, 9.17) is 5.26 Å². The molecule has 2 N–H and O–H groups in total. The van der Waals surface area contributed by atoms with E-state index in [0.717, 1.165) is 13.2 Å². The Morgan fingerprint density at radius 3 is 2.79 bits per heavy atom. The first-order chi connectivity index (χ1) is 8.99. The van der Waals surface area contributed by atoms with Gasteiger partial charge >= 0.3 is 5.97 Å². The van der Waals surface area contributed by atoms with E-state index in [-0.39, 0.29) is 12.0 Å². The predicted molar refractivity (Wildman–Crippen MR) is 63.3 cm³/mol. The van der Waals surface area contributed by atoms with Crippen LogP contribution < -0.4 is 0 Å². The van der Waals surface area contributed by atoms with Gasteiger partial charge in [-0.25, -0.2) is 4.39 Å². The Balaban J connectivity index is 2.91. The molecule has 102 valence electrons. The molecular formula is C13H14FNO4. The molecule has 6 heteroatoms. The summed E-state index contributed by atoms with van der Waals surface area (Å²) >= 11 is 0. The van der Waals surface area contributed by atoms with Gasteiger partial charge in [-0.1, -0.05) is 6.07 Å². The normalized spacial score (nSPS) is 13.4. The third-order valence-corrected chi connectivity index (χ3v) is 2.63. The highest BCUT2D eigenvalue weighted by Crippen LogP contribution is 2.23. The number of hydrogen-bond acceptors (Lipinski definition) is 5.